The van der Waals surface area contributed by atoms with Gasteiger partial charge in [0.05, 0.1) is 22.3 Å². The number of cyclic esters (lactones) is 1. The van der Waals surface area contributed by atoms with Gasteiger partial charge in [-0.1, -0.05) is 36.2 Å². The molecule has 5 nitrogen and oxygen atoms in total. The van der Waals surface area contributed by atoms with Crippen LogP contribution in [0.5, 0.6) is 0 Å². The van der Waals surface area contributed by atoms with Gasteiger partial charge in [0.25, 0.3) is 0 Å². The first kappa shape index (κ1) is 17.1. The first-order valence-electron chi connectivity index (χ1n) is 7.10. The largest absolute Gasteiger partial charge is 0.461 e. The number of benzene rings is 1. The highest BCUT2D eigenvalue weighted by atomic mass is 35.5. The molecule has 1 aromatic carbocycles. The lowest BCUT2D eigenvalue weighted by molar-refractivity contribution is -0.144. The predicted molar refractivity (Wildman–Crippen MR) is 86.3 cm³/mol. The Hall–Kier alpha value is -1.30. The standard InChI is InChI=1S/C15H18Cl2N2O3/c1-3-19(12-7-9(2)22-15(12)21)8-13(20)18-14-10(16)5-4-6-11(14)17/h4-6,9,12H,3,7-8H2,1-2H3,(H,18,20)/t9-,12+/m0/s1. The highest BCUT2D eigenvalue weighted by molar-refractivity contribution is 6.39. The summed E-state index contributed by atoms with van der Waals surface area (Å²) in [5, 5.41) is 3.44. The lowest BCUT2D eigenvalue weighted by Crippen LogP contribution is -2.43. The van der Waals surface area contributed by atoms with Crippen LogP contribution in [0.3, 0.4) is 0 Å². The summed E-state index contributed by atoms with van der Waals surface area (Å²) in [5.41, 5.74) is 0.384. The van der Waals surface area contributed by atoms with Crippen LogP contribution in [-0.2, 0) is 14.3 Å². The van der Waals surface area contributed by atoms with Crippen LogP contribution >= 0.6 is 23.2 Å². The molecule has 2 atom stereocenters. The van der Waals surface area contributed by atoms with E-state index < -0.39 is 0 Å². The number of nitrogens with zero attached hydrogens (tertiary/aromatic N) is 1. The highest BCUT2D eigenvalue weighted by Gasteiger charge is 2.36. The summed E-state index contributed by atoms with van der Waals surface area (Å²) in [6.07, 6.45) is 0.472. The molecule has 1 N–H and O–H groups in total. The van der Waals surface area contributed by atoms with Gasteiger partial charge in [-0.2, -0.15) is 0 Å². The van der Waals surface area contributed by atoms with Gasteiger partial charge in [-0.3, -0.25) is 14.5 Å². The van der Waals surface area contributed by atoms with E-state index in [4.69, 9.17) is 27.9 Å². The third kappa shape index (κ3) is 3.91. The molecule has 1 aliphatic heterocycles. The fraction of sp³-hybridized carbons (Fsp3) is 0.467. The number of ether oxygens (including phenoxy) is 1. The molecular formula is C15H18Cl2N2O3. The predicted octanol–water partition coefficient (Wildman–Crippen LogP) is 2.96. The average Bonchev–Trinajstić information content (AvgIpc) is 2.79. The van der Waals surface area contributed by atoms with Gasteiger partial charge in [-0.15, -0.1) is 0 Å². The summed E-state index contributed by atoms with van der Waals surface area (Å²) in [6, 6.07) is 4.62. The second-order valence-electron chi connectivity index (χ2n) is 5.21. The Balaban J connectivity index is 2.02. The van der Waals surface area contributed by atoms with Crippen LogP contribution in [0.4, 0.5) is 5.69 Å². The molecule has 1 fully saturated rings. The minimum absolute atomic E-state index is 0.0739. The molecule has 1 heterocycles. The minimum Gasteiger partial charge on any atom is -0.461 e. The summed E-state index contributed by atoms with van der Waals surface area (Å²) < 4.78 is 5.14. The summed E-state index contributed by atoms with van der Waals surface area (Å²) in [5.74, 6) is -0.554. The van der Waals surface area contributed by atoms with Crippen molar-refractivity contribution in [2.75, 3.05) is 18.4 Å². The molecule has 120 valence electrons. The monoisotopic (exact) mass is 344 g/mol. The Kier molecular flexibility index (Phi) is 5.67. The van der Waals surface area contributed by atoms with Crippen molar-refractivity contribution >= 4 is 40.8 Å². The molecule has 0 radical (unpaired) electrons. The number of halogens is 2. The maximum atomic E-state index is 12.2. The van der Waals surface area contributed by atoms with E-state index in [2.05, 4.69) is 5.32 Å². The molecule has 7 heteroatoms. The SMILES string of the molecule is CCN(CC(=O)Nc1c(Cl)cccc1Cl)[C@@H]1C[C@H](C)OC1=O. The van der Waals surface area contributed by atoms with Gasteiger partial charge < -0.3 is 10.1 Å². The molecule has 0 bridgehead atoms. The summed E-state index contributed by atoms with van der Waals surface area (Å²) in [4.78, 5) is 25.8. The second-order valence-corrected chi connectivity index (χ2v) is 6.02. The van der Waals surface area contributed by atoms with Crippen LogP contribution in [0.15, 0.2) is 18.2 Å². The molecule has 22 heavy (non-hydrogen) atoms. The number of carbonyl (C=O) groups excluding carboxylic acids is 2. The number of anilines is 1. The molecule has 1 amide bonds. The van der Waals surface area contributed by atoms with Gasteiger partial charge in [0, 0.05) is 6.42 Å². The Morgan fingerprint density at radius 1 is 1.41 bits per heavy atom. The van der Waals surface area contributed by atoms with Gasteiger partial charge in [-0.05, 0) is 25.6 Å². The Labute approximate surface area is 139 Å². The van der Waals surface area contributed by atoms with E-state index in [0.29, 0.717) is 28.7 Å². The Bertz CT molecular complexity index is 560. The van der Waals surface area contributed by atoms with E-state index in [9.17, 15) is 9.59 Å². The molecule has 0 unspecified atom stereocenters. The van der Waals surface area contributed by atoms with Crippen molar-refractivity contribution in [1.82, 2.24) is 4.90 Å². The van der Waals surface area contributed by atoms with Gasteiger partial charge in [0.15, 0.2) is 0 Å². The smallest absolute Gasteiger partial charge is 0.323 e. The summed E-state index contributed by atoms with van der Waals surface area (Å²) in [6.45, 7) is 4.38. The third-order valence-electron chi connectivity index (χ3n) is 3.57. The zero-order valence-electron chi connectivity index (χ0n) is 12.4. The molecule has 2 rings (SSSR count). The highest BCUT2D eigenvalue weighted by Crippen LogP contribution is 2.29. The number of esters is 1. The van der Waals surface area contributed by atoms with Crippen molar-refractivity contribution in [3.05, 3.63) is 28.2 Å². The lowest BCUT2D eigenvalue weighted by atomic mass is 10.1. The average molecular weight is 345 g/mol. The quantitative estimate of drug-likeness (QED) is 0.834. The van der Waals surface area contributed by atoms with Crippen LogP contribution in [-0.4, -0.2) is 42.0 Å². The molecule has 0 spiro atoms. The maximum absolute atomic E-state index is 12.2. The second kappa shape index (κ2) is 7.31. The van der Waals surface area contributed by atoms with Gasteiger partial charge in [0.1, 0.15) is 12.1 Å². The van der Waals surface area contributed by atoms with Crippen LogP contribution in [0, 0.1) is 0 Å². The van der Waals surface area contributed by atoms with Crippen molar-refractivity contribution in [2.24, 2.45) is 0 Å². The van der Waals surface area contributed by atoms with Crippen LogP contribution < -0.4 is 5.32 Å². The van der Waals surface area contributed by atoms with E-state index in [-0.39, 0.29) is 30.6 Å². The number of rotatable bonds is 5. The molecule has 0 aliphatic carbocycles. The number of hydrogen-bond donors (Lipinski definition) is 1. The number of hydrogen-bond acceptors (Lipinski definition) is 4. The van der Waals surface area contributed by atoms with Gasteiger partial charge in [-0.25, -0.2) is 0 Å². The van der Waals surface area contributed by atoms with Crippen LogP contribution in [0.1, 0.15) is 20.3 Å². The number of para-hydroxylation sites is 1. The number of nitrogens with one attached hydrogen (secondary N) is 1. The van der Waals surface area contributed by atoms with E-state index in [0.717, 1.165) is 0 Å². The fourth-order valence-corrected chi connectivity index (χ4v) is 2.95. The van der Waals surface area contributed by atoms with Gasteiger partial charge in [0.2, 0.25) is 5.91 Å². The maximum Gasteiger partial charge on any atom is 0.323 e. The Morgan fingerprint density at radius 2 is 2.05 bits per heavy atom. The van der Waals surface area contributed by atoms with E-state index >= 15 is 0 Å². The minimum atomic E-state index is -0.382. The first-order valence-corrected chi connectivity index (χ1v) is 7.86. The number of likely N-dealkylation sites (N-methyl/N-ethyl adjacent to an activating group) is 1. The molecular weight excluding hydrogens is 327 g/mol. The number of amides is 1. The molecule has 1 aliphatic rings. The third-order valence-corrected chi connectivity index (χ3v) is 4.20. The van der Waals surface area contributed by atoms with E-state index in [1.807, 2.05) is 13.8 Å². The molecule has 1 saturated heterocycles. The van der Waals surface area contributed by atoms with Crippen molar-refractivity contribution in [3.8, 4) is 0 Å². The van der Waals surface area contributed by atoms with Crippen molar-refractivity contribution in [2.45, 2.75) is 32.4 Å². The van der Waals surface area contributed by atoms with Crippen LogP contribution in [0.25, 0.3) is 0 Å². The lowest BCUT2D eigenvalue weighted by Gasteiger charge is -2.24. The van der Waals surface area contributed by atoms with E-state index in [1.54, 1.807) is 23.1 Å². The molecule has 0 saturated carbocycles. The summed E-state index contributed by atoms with van der Waals surface area (Å²) in [7, 11) is 0. The van der Waals surface area contributed by atoms with Crippen molar-refractivity contribution < 1.29 is 14.3 Å². The normalized spacial score (nSPS) is 21.0. The summed E-state index contributed by atoms with van der Waals surface area (Å²) >= 11 is 12.1. The topological polar surface area (TPSA) is 58.6 Å². The van der Waals surface area contributed by atoms with Gasteiger partial charge >= 0.3 is 5.97 Å². The van der Waals surface area contributed by atoms with Crippen LogP contribution in [0.2, 0.25) is 10.0 Å². The fourth-order valence-electron chi connectivity index (χ4n) is 2.46. The van der Waals surface area contributed by atoms with E-state index in [1.165, 1.54) is 0 Å². The zero-order valence-corrected chi connectivity index (χ0v) is 13.9. The van der Waals surface area contributed by atoms with Crippen molar-refractivity contribution in [3.63, 3.8) is 0 Å². The van der Waals surface area contributed by atoms with Crippen molar-refractivity contribution in [1.29, 1.82) is 0 Å². The number of carbonyl (C=O) groups is 2. The molecule has 1 aromatic rings. The Morgan fingerprint density at radius 3 is 2.55 bits per heavy atom. The molecule has 0 aromatic heterocycles. The zero-order chi connectivity index (χ0) is 16.3. The first-order chi connectivity index (χ1) is 10.4.